The molecular formula is C13H17I2N3O3S+2. The summed E-state index contributed by atoms with van der Waals surface area (Å²) in [5, 5.41) is 11.1. The number of carbonyl (C=O) groups excluding carboxylic acids is 2. The summed E-state index contributed by atoms with van der Waals surface area (Å²) in [6.45, 7) is 0.420. The Kier molecular flexibility index (Phi) is 7.08. The third-order valence-electron chi connectivity index (χ3n) is 3.43. The quantitative estimate of drug-likeness (QED) is 0.230. The van der Waals surface area contributed by atoms with Gasteiger partial charge in [0.25, 0.3) is 0 Å². The number of halogens is 2. The molecule has 0 radical (unpaired) electrons. The SMILES string of the molecule is NC1C(=O)N2C(C(=O)[O-])=C(C[n+]3ccccc3)CS[C@H]12.[IH2+].[IH2+]. The maximum atomic E-state index is 11.8. The van der Waals surface area contributed by atoms with E-state index in [0.717, 1.165) is 0 Å². The van der Waals surface area contributed by atoms with Crippen molar-refractivity contribution >= 4 is 23.6 Å². The number of amides is 1. The van der Waals surface area contributed by atoms with Crippen molar-refractivity contribution in [2.75, 3.05) is 5.75 Å². The van der Waals surface area contributed by atoms with Gasteiger partial charge in [-0.05, 0) is 0 Å². The minimum atomic E-state index is -1.32. The molecule has 3 heterocycles. The van der Waals surface area contributed by atoms with E-state index in [2.05, 4.69) is 0 Å². The van der Waals surface area contributed by atoms with Crippen molar-refractivity contribution in [2.24, 2.45) is 5.73 Å². The lowest BCUT2D eigenvalue weighted by Gasteiger charge is -2.49. The zero-order valence-corrected chi connectivity index (χ0v) is 17.4. The zero-order valence-electron chi connectivity index (χ0n) is 11.5. The number of carboxylic acids is 1. The Bertz CT molecular complexity index is 612. The molecule has 0 saturated carbocycles. The number of carbonyl (C=O) groups is 2. The predicted molar refractivity (Wildman–Crippen MR) is 75.3 cm³/mol. The second-order valence-electron chi connectivity index (χ2n) is 4.72. The highest BCUT2D eigenvalue weighted by atomic mass is 127. The van der Waals surface area contributed by atoms with Crippen LogP contribution in [0.25, 0.3) is 0 Å². The highest BCUT2D eigenvalue weighted by Crippen LogP contribution is 2.39. The standard InChI is InChI=1S/C13H13N3O3S.2H2I/c14-9-11(17)16-10(13(18)19)8(7-20-12(9)16)6-15-4-2-1-3-5-15;;/h1-5,9,12H,6-7,14H2;2*1H2/q;2*+1/t9?,12-;;/m1../s1. The lowest BCUT2D eigenvalue weighted by atomic mass is 10.0. The fourth-order valence-corrected chi connectivity index (χ4v) is 3.73. The van der Waals surface area contributed by atoms with Gasteiger partial charge in [-0.3, -0.25) is 9.69 Å². The first kappa shape index (κ1) is 19.6. The Balaban J connectivity index is 0.00000121. The Labute approximate surface area is 166 Å². The number of hydrogen-bond donors (Lipinski definition) is 1. The fraction of sp³-hybridized carbons (Fsp3) is 0.308. The van der Waals surface area contributed by atoms with Crippen LogP contribution in [0.2, 0.25) is 0 Å². The summed E-state index contributed by atoms with van der Waals surface area (Å²) in [5.41, 5.74) is 6.34. The van der Waals surface area contributed by atoms with Crippen molar-refractivity contribution in [1.29, 1.82) is 0 Å². The first-order chi connectivity index (χ1) is 9.59. The number of pyridine rings is 1. The van der Waals surface area contributed by atoms with Crippen molar-refractivity contribution in [3.05, 3.63) is 41.9 Å². The van der Waals surface area contributed by atoms with E-state index >= 15 is 0 Å². The van der Waals surface area contributed by atoms with E-state index < -0.39 is 12.0 Å². The molecule has 22 heavy (non-hydrogen) atoms. The zero-order chi connectivity index (χ0) is 14.3. The van der Waals surface area contributed by atoms with Crippen LogP contribution in [0.15, 0.2) is 41.9 Å². The molecule has 1 aromatic rings. The highest BCUT2D eigenvalue weighted by Gasteiger charge is 2.50. The molecule has 1 amide bonds. The van der Waals surface area contributed by atoms with Crippen molar-refractivity contribution in [3.8, 4) is 0 Å². The van der Waals surface area contributed by atoms with Gasteiger partial charge in [-0.1, -0.05) is 6.07 Å². The van der Waals surface area contributed by atoms with Crippen LogP contribution >= 0.6 is 11.8 Å². The van der Waals surface area contributed by atoms with Crippen LogP contribution in [0.5, 0.6) is 0 Å². The van der Waals surface area contributed by atoms with Crippen molar-refractivity contribution < 1.29 is 67.2 Å². The van der Waals surface area contributed by atoms with E-state index in [1.54, 1.807) is 0 Å². The molecule has 9 heteroatoms. The number of thioether (sulfide) groups is 1. The van der Waals surface area contributed by atoms with Gasteiger partial charge in [-0.2, -0.15) is 0 Å². The van der Waals surface area contributed by atoms with Crippen molar-refractivity contribution in [1.82, 2.24) is 4.90 Å². The van der Waals surface area contributed by atoms with Gasteiger partial charge in [0.15, 0.2) is 18.9 Å². The molecule has 6 nitrogen and oxygen atoms in total. The number of nitrogens with zero attached hydrogens (tertiary/aromatic N) is 2. The second kappa shape index (κ2) is 7.93. The molecule has 1 fully saturated rings. The van der Waals surface area contributed by atoms with Gasteiger partial charge < -0.3 is 15.6 Å². The molecule has 1 aromatic heterocycles. The minimum Gasteiger partial charge on any atom is -0.543 e. The van der Waals surface area contributed by atoms with Crippen LogP contribution in [0, 0.1) is 0 Å². The fourth-order valence-electron chi connectivity index (χ4n) is 2.45. The third-order valence-corrected chi connectivity index (χ3v) is 4.79. The van der Waals surface area contributed by atoms with Gasteiger partial charge in [0.1, 0.15) is 11.4 Å². The number of aliphatic carboxylic acids is 1. The summed E-state index contributed by atoms with van der Waals surface area (Å²) < 4.78 is 1.86. The first-order valence-corrected chi connectivity index (χ1v) is 7.22. The topological polar surface area (TPSA) is 90.3 Å². The number of aromatic nitrogens is 1. The summed E-state index contributed by atoms with van der Waals surface area (Å²) in [6, 6.07) is 5.00. The first-order valence-electron chi connectivity index (χ1n) is 6.17. The molecule has 1 saturated heterocycles. The van der Waals surface area contributed by atoms with Crippen molar-refractivity contribution in [2.45, 2.75) is 18.0 Å². The number of hydrogen-bond acceptors (Lipinski definition) is 5. The van der Waals surface area contributed by atoms with E-state index in [1.165, 1.54) is 16.7 Å². The summed E-state index contributed by atoms with van der Waals surface area (Å²) in [7, 11) is 0. The molecule has 2 aliphatic rings. The largest absolute Gasteiger partial charge is 0.543 e. The van der Waals surface area contributed by atoms with Gasteiger partial charge in [0.2, 0.25) is 53.9 Å². The van der Waals surface area contributed by atoms with Crippen LogP contribution in [-0.4, -0.2) is 33.9 Å². The number of nitrogens with two attached hydrogens (primary N) is 1. The van der Waals surface area contributed by atoms with E-state index in [9.17, 15) is 14.7 Å². The lowest BCUT2D eigenvalue weighted by molar-refractivity contribution is -0.689. The normalized spacial score (nSPS) is 23.0. The van der Waals surface area contributed by atoms with Gasteiger partial charge >= 0.3 is 0 Å². The summed E-state index contributed by atoms with van der Waals surface area (Å²) in [6.07, 6.45) is 3.70. The molecular weight excluding hydrogens is 532 g/mol. The smallest absolute Gasteiger partial charge is 0.248 e. The summed E-state index contributed by atoms with van der Waals surface area (Å²) in [4.78, 5) is 24.4. The molecule has 0 aromatic carbocycles. The molecule has 0 spiro atoms. The van der Waals surface area contributed by atoms with E-state index in [4.69, 9.17) is 5.73 Å². The molecule has 1 unspecified atom stereocenters. The Morgan fingerprint density at radius 1 is 1.36 bits per heavy atom. The van der Waals surface area contributed by atoms with Crippen molar-refractivity contribution in [3.63, 3.8) is 0 Å². The summed E-state index contributed by atoms with van der Waals surface area (Å²) >= 11 is 1.49. The number of carboxylic acid groups (broad SMARTS) is 1. The lowest BCUT2D eigenvalue weighted by Crippen LogP contribution is -3.00. The second-order valence-corrected chi connectivity index (χ2v) is 5.83. The van der Waals surface area contributed by atoms with Crippen LogP contribution in [0.3, 0.4) is 0 Å². The van der Waals surface area contributed by atoms with Gasteiger partial charge in [-0.25, -0.2) is 4.57 Å². The Hall–Kier alpha value is -0.400. The van der Waals surface area contributed by atoms with Crippen LogP contribution in [0.1, 0.15) is 0 Å². The number of β-lactam (4-membered cyclic amide) rings is 1. The average molecular weight is 549 g/mol. The number of rotatable bonds is 3. The molecule has 2 aliphatic heterocycles. The van der Waals surface area contributed by atoms with Gasteiger partial charge in [-0.15, -0.1) is 11.8 Å². The van der Waals surface area contributed by atoms with Crippen LogP contribution in [0.4, 0.5) is 0 Å². The summed E-state index contributed by atoms with van der Waals surface area (Å²) in [5.74, 6) is -1.13. The molecule has 120 valence electrons. The maximum Gasteiger partial charge on any atom is 0.248 e. The molecule has 3 rings (SSSR count). The molecule has 2 N–H and O–H groups in total. The van der Waals surface area contributed by atoms with Gasteiger partial charge in [0, 0.05) is 23.5 Å². The highest BCUT2D eigenvalue weighted by molar-refractivity contribution is 8.00. The van der Waals surface area contributed by atoms with E-state index in [-0.39, 0.29) is 64.9 Å². The third kappa shape index (κ3) is 3.41. The predicted octanol–water partition coefficient (Wildman–Crippen LogP) is -8.84. The molecule has 2 atom stereocenters. The van der Waals surface area contributed by atoms with Crippen LogP contribution in [-0.2, 0) is 16.1 Å². The van der Waals surface area contributed by atoms with E-state index in [0.29, 0.717) is 17.9 Å². The van der Waals surface area contributed by atoms with Gasteiger partial charge in [0.05, 0.1) is 11.7 Å². The maximum absolute atomic E-state index is 11.8. The van der Waals surface area contributed by atoms with E-state index in [1.807, 2.05) is 35.2 Å². The Morgan fingerprint density at radius 2 is 2.00 bits per heavy atom. The molecule has 0 aliphatic carbocycles. The average Bonchev–Trinajstić information content (AvgIpc) is 2.46. The Morgan fingerprint density at radius 3 is 2.59 bits per heavy atom. The van der Waals surface area contributed by atoms with Crippen LogP contribution < -0.4 is 63.4 Å². The molecule has 0 bridgehead atoms. The monoisotopic (exact) mass is 549 g/mol. The minimum absolute atomic E-state index is 0. The number of fused-ring (bicyclic) bond motifs is 1.